The van der Waals surface area contributed by atoms with Crippen LogP contribution >= 0.6 is 0 Å². The van der Waals surface area contributed by atoms with Crippen LogP contribution in [0.25, 0.3) is 39.0 Å². The van der Waals surface area contributed by atoms with Gasteiger partial charge in [0.25, 0.3) is 0 Å². The summed E-state index contributed by atoms with van der Waals surface area (Å²) in [4.78, 5) is 0. The number of nitrogens with zero attached hydrogens (tertiary/aromatic N) is 4. The summed E-state index contributed by atoms with van der Waals surface area (Å²) in [6, 6.07) is 22.2. The van der Waals surface area contributed by atoms with Gasteiger partial charge in [-0.1, -0.05) is 43.3 Å². The molecule has 0 bridgehead atoms. The van der Waals surface area contributed by atoms with Crippen molar-refractivity contribution in [3.05, 3.63) is 146 Å². The summed E-state index contributed by atoms with van der Waals surface area (Å²) in [7, 11) is 0. The smallest absolute Gasteiger partial charge is 0.206 e. The second-order valence-electron chi connectivity index (χ2n) is 12.8. The van der Waals surface area contributed by atoms with Crippen molar-refractivity contribution in [3.63, 3.8) is 0 Å². The maximum Gasteiger partial charge on any atom is 0.419 e. The molecule has 0 amide bonds. The van der Waals surface area contributed by atoms with E-state index in [1.807, 2.05) is 31.2 Å². The Kier molecular flexibility index (Phi) is 7.79. The second-order valence-corrected chi connectivity index (χ2v) is 12.8. The first kappa shape index (κ1) is 34.7. The number of hydrogen-bond donors (Lipinski definition) is 0. The molecule has 0 heterocycles. The Bertz CT molecular complexity index is 2610. The molecule has 3 aliphatic carbocycles. The van der Waals surface area contributed by atoms with Crippen molar-refractivity contribution < 1.29 is 35.1 Å². The zero-order valence-electron chi connectivity index (χ0n) is 27.0. The highest BCUT2D eigenvalue weighted by Gasteiger charge is 2.48. The number of fused-ring (bicyclic) bond motifs is 5. The van der Waals surface area contributed by atoms with Crippen LogP contribution in [0.5, 0.6) is 0 Å². The number of nitriles is 4. The summed E-state index contributed by atoms with van der Waals surface area (Å²) in [5.74, 6) is -2.89. The molecule has 0 radical (unpaired) electrons. The standard InChI is InChI=1S/C41H18F8N4/c1-39-15-30-26-6-2-20(22-4-8-35(42)32(12-22)40(44,45)46)10-27(26)37(24(16-50)17-51)28(30)14-34(39)38(25(18-52)19-53)29-11-21(3-7-31(29)39)23-5-9-36(43)33(13-23)41(47,48)49/h2-14H,15H2,1H3. The Morgan fingerprint density at radius 1 is 0.585 bits per heavy atom. The summed E-state index contributed by atoms with van der Waals surface area (Å²) >= 11 is 0. The van der Waals surface area contributed by atoms with E-state index in [9.17, 15) is 56.2 Å². The minimum absolute atomic E-state index is 0.0366. The fourth-order valence-corrected chi connectivity index (χ4v) is 7.54. The number of alkyl halides is 6. The monoisotopic (exact) mass is 718 g/mol. The number of allylic oxidation sites excluding steroid dienone is 8. The fraction of sp³-hybridized carbons (Fsp3) is 0.122. The van der Waals surface area contributed by atoms with Gasteiger partial charge >= 0.3 is 12.4 Å². The predicted molar refractivity (Wildman–Crippen MR) is 177 cm³/mol. The average Bonchev–Trinajstić information content (AvgIpc) is 3.55. The number of hydrogen-bond acceptors (Lipinski definition) is 4. The molecule has 258 valence electrons. The predicted octanol–water partition coefficient (Wildman–Crippen LogP) is 11.0. The summed E-state index contributed by atoms with van der Waals surface area (Å²) in [6.07, 6.45) is -8.08. The van der Waals surface area contributed by atoms with Crippen molar-refractivity contribution in [1.29, 1.82) is 21.0 Å². The van der Waals surface area contributed by atoms with Gasteiger partial charge in [-0.25, -0.2) is 8.78 Å². The van der Waals surface area contributed by atoms with Gasteiger partial charge in [-0.3, -0.25) is 0 Å². The van der Waals surface area contributed by atoms with Crippen molar-refractivity contribution in [2.45, 2.75) is 31.1 Å². The molecular weight excluding hydrogens is 700 g/mol. The molecule has 0 saturated carbocycles. The SMILES string of the molecule is CC12CC3=C(C=C1C(=C(C#N)C#N)c1cc(-c4ccc(F)c(C(F)(F)F)c4)ccc12)C(=C(C#N)C#N)c1cc(-c2ccc(F)c(C(F)(F)F)c2)ccc13. The molecule has 4 aromatic rings. The van der Waals surface area contributed by atoms with Crippen LogP contribution in [0, 0.1) is 57.0 Å². The molecule has 7 rings (SSSR count). The van der Waals surface area contributed by atoms with Crippen LogP contribution in [-0.2, 0) is 17.8 Å². The highest BCUT2D eigenvalue weighted by atomic mass is 19.4. The van der Waals surface area contributed by atoms with E-state index in [0.717, 1.165) is 0 Å². The first-order valence-corrected chi connectivity index (χ1v) is 15.6. The highest BCUT2D eigenvalue weighted by molar-refractivity contribution is 6.09. The summed E-state index contributed by atoms with van der Waals surface area (Å²) in [5, 5.41) is 40.2. The van der Waals surface area contributed by atoms with Gasteiger partial charge in [0, 0.05) is 16.6 Å². The third kappa shape index (κ3) is 5.31. The lowest BCUT2D eigenvalue weighted by Gasteiger charge is -2.32. The molecular formula is C41H18F8N4. The third-order valence-electron chi connectivity index (χ3n) is 9.93. The van der Waals surface area contributed by atoms with Gasteiger partial charge < -0.3 is 0 Å². The van der Waals surface area contributed by atoms with Crippen LogP contribution in [0.15, 0.2) is 101 Å². The first-order valence-electron chi connectivity index (χ1n) is 15.6. The summed E-state index contributed by atoms with van der Waals surface area (Å²) < 4.78 is 110. The Hall–Kier alpha value is -6.76. The summed E-state index contributed by atoms with van der Waals surface area (Å²) in [5.41, 5.74) is -0.0783. The largest absolute Gasteiger partial charge is 0.419 e. The van der Waals surface area contributed by atoms with Gasteiger partial charge in [0.05, 0.1) is 11.1 Å². The van der Waals surface area contributed by atoms with Crippen LogP contribution in [-0.4, -0.2) is 0 Å². The van der Waals surface area contributed by atoms with E-state index in [4.69, 9.17) is 0 Å². The van der Waals surface area contributed by atoms with E-state index in [-0.39, 0.29) is 51.0 Å². The van der Waals surface area contributed by atoms with Gasteiger partial charge in [-0.2, -0.15) is 47.4 Å². The van der Waals surface area contributed by atoms with Gasteiger partial charge in [-0.05, 0) is 110 Å². The van der Waals surface area contributed by atoms with Gasteiger partial charge in [0.15, 0.2) is 0 Å². The highest BCUT2D eigenvalue weighted by Crippen LogP contribution is 2.61. The second kappa shape index (κ2) is 11.9. The van der Waals surface area contributed by atoms with E-state index in [0.29, 0.717) is 63.2 Å². The summed E-state index contributed by atoms with van der Waals surface area (Å²) in [6.45, 7) is 1.85. The van der Waals surface area contributed by atoms with E-state index < -0.39 is 40.5 Å². The number of halogens is 8. The van der Waals surface area contributed by atoms with E-state index in [1.165, 1.54) is 24.3 Å². The average molecular weight is 719 g/mol. The lowest BCUT2D eigenvalue weighted by Crippen LogP contribution is -2.24. The van der Waals surface area contributed by atoms with Crippen LogP contribution in [0.1, 0.15) is 46.7 Å². The van der Waals surface area contributed by atoms with Crippen molar-refractivity contribution in [3.8, 4) is 46.5 Å². The fourth-order valence-electron chi connectivity index (χ4n) is 7.54. The Morgan fingerprint density at radius 3 is 1.55 bits per heavy atom. The minimum atomic E-state index is -4.96. The molecule has 0 saturated heterocycles. The van der Waals surface area contributed by atoms with E-state index >= 15 is 0 Å². The zero-order valence-corrected chi connectivity index (χ0v) is 27.0. The lowest BCUT2D eigenvalue weighted by molar-refractivity contribution is -0.140. The lowest BCUT2D eigenvalue weighted by atomic mass is 9.70. The molecule has 3 aliphatic rings. The molecule has 0 fully saturated rings. The number of benzene rings is 4. The van der Waals surface area contributed by atoms with Gasteiger partial charge in [0.1, 0.15) is 47.1 Å². The molecule has 0 aliphatic heterocycles. The molecule has 1 atom stereocenters. The molecule has 0 aromatic heterocycles. The molecule has 4 aromatic carbocycles. The molecule has 12 heteroatoms. The molecule has 1 unspecified atom stereocenters. The van der Waals surface area contributed by atoms with Crippen LogP contribution in [0.3, 0.4) is 0 Å². The van der Waals surface area contributed by atoms with Crippen molar-refractivity contribution in [2.75, 3.05) is 0 Å². The topological polar surface area (TPSA) is 95.2 Å². The maximum atomic E-state index is 14.1. The normalized spacial score (nSPS) is 17.0. The van der Waals surface area contributed by atoms with Crippen LogP contribution in [0.4, 0.5) is 35.1 Å². The maximum absolute atomic E-state index is 14.1. The zero-order chi connectivity index (χ0) is 38.2. The first-order chi connectivity index (χ1) is 25.0. The third-order valence-corrected chi connectivity index (χ3v) is 9.93. The Labute approximate surface area is 296 Å². The molecule has 0 spiro atoms. The van der Waals surface area contributed by atoms with Crippen molar-refractivity contribution in [1.82, 2.24) is 0 Å². The molecule has 4 nitrogen and oxygen atoms in total. The number of rotatable bonds is 2. The van der Waals surface area contributed by atoms with Crippen LogP contribution < -0.4 is 0 Å². The molecule has 53 heavy (non-hydrogen) atoms. The minimum Gasteiger partial charge on any atom is -0.206 e. The van der Waals surface area contributed by atoms with Crippen LogP contribution in [0.2, 0.25) is 0 Å². The van der Waals surface area contributed by atoms with Gasteiger partial charge in [-0.15, -0.1) is 0 Å². The van der Waals surface area contributed by atoms with Crippen molar-refractivity contribution >= 4 is 16.7 Å². The van der Waals surface area contributed by atoms with E-state index in [1.54, 1.807) is 30.3 Å². The van der Waals surface area contributed by atoms with Crippen molar-refractivity contribution in [2.24, 2.45) is 0 Å². The van der Waals surface area contributed by atoms with Gasteiger partial charge in [0.2, 0.25) is 0 Å². The quantitative estimate of drug-likeness (QED) is 0.152. The van der Waals surface area contributed by atoms with E-state index in [2.05, 4.69) is 0 Å². The Balaban J connectivity index is 1.42. The Morgan fingerprint density at radius 2 is 1.04 bits per heavy atom. The molecule has 0 N–H and O–H groups in total.